The molecule has 3 rings (SSSR count). The third kappa shape index (κ3) is 4.33. The molecule has 0 aliphatic heterocycles. The van der Waals surface area contributed by atoms with Gasteiger partial charge in [-0.2, -0.15) is 13.2 Å². The number of aromatic nitrogens is 2. The second-order valence-electron chi connectivity index (χ2n) is 6.84. The predicted octanol–water partition coefficient (Wildman–Crippen LogP) is 1.89. The van der Waals surface area contributed by atoms with E-state index in [0.717, 1.165) is 13.1 Å². The van der Waals surface area contributed by atoms with E-state index in [1.54, 1.807) is 0 Å². The smallest absolute Gasteiger partial charge is 0.431 e. The number of carbonyl (C=O) groups is 2. The van der Waals surface area contributed by atoms with Crippen molar-refractivity contribution >= 4 is 23.5 Å². The average molecular weight is 481 g/mol. The highest BCUT2D eigenvalue weighted by atomic mass is 35.5. The summed E-state index contributed by atoms with van der Waals surface area (Å²) in [6.07, 6.45) is -4.79. The molecule has 0 saturated heterocycles. The molecule has 2 aromatic rings. The molecule has 0 atom stereocenters. The highest BCUT2D eigenvalue weighted by Crippen LogP contribution is 2.44. The number of halogens is 5. The van der Waals surface area contributed by atoms with Crippen LogP contribution in [0.4, 0.5) is 17.6 Å². The zero-order chi connectivity index (χ0) is 24.0. The second kappa shape index (κ2) is 7.97. The van der Waals surface area contributed by atoms with E-state index in [1.807, 2.05) is 0 Å². The maximum Gasteiger partial charge on any atom is 0.431 e. The number of rotatable bonds is 6. The summed E-state index contributed by atoms with van der Waals surface area (Å²) >= 11 is 5.92. The van der Waals surface area contributed by atoms with Gasteiger partial charge >= 0.3 is 23.8 Å². The Labute approximate surface area is 180 Å². The number of carbonyl (C=O) groups excluding carboxylic acids is 1. The van der Waals surface area contributed by atoms with Crippen LogP contribution in [-0.4, -0.2) is 38.4 Å². The van der Waals surface area contributed by atoms with Crippen LogP contribution in [0.2, 0.25) is 5.02 Å². The minimum atomic E-state index is -5.01. The summed E-state index contributed by atoms with van der Waals surface area (Å²) in [6.45, 7) is -0.927. The maximum absolute atomic E-state index is 14.5. The normalized spacial score (nSPS) is 14.7. The van der Waals surface area contributed by atoms with E-state index in [4.69, 9.17) is 21.4 Å². The number of hydrogen-bond acceptors (Lipinski definition) is 6. The summed E-state index contributed by atoms with van der Waals surface area (Å²) in [6, 6.07) is 1.55. The van der Waals surface area contributed by atoms with Gasteiger partial charge in [-0.15, -0.1) is 0 Å². The number of esters is 1. The molecule has 1 aliphatic rings. The highest BCUT2D eigenvalue weighted by Gasteiger charge is 2.55. The lowest BCUT2D eigenvalue weighted by Crippen LogP contribution is -2.41. The van der Waals surface area contributed by atoms with Crippen molar-refractivity contribution in [2.45, 2.75) is 24.6 Å². The molecule has 0 radical (unpaired) electrons. The fraction of sp³-hybridized carbons (Fsp3) is 0.333. The highest BCUT2D eigenvalue weighted by molar-refractivity contribution is 6.32. The Balaban J connectivity index is 2.05. The lowest BCUT2D eigenvalue weighted by Gasteiger charge is -2.19. The standard InChI is InChI=1S/C18H13ClF4N2O7/c1-24-12(18(21,22)23)6-13(26)25(16(24)30)10-5-11(8(19)4-9(10)20)32-17(2-3-17)15(29)31-7-14(27)28/h4-6H,2-3,7H2,1H3,(H,27,28). The number of carboxylic acid groups (broad SMARTS) is 1. The molecule has 1 aliphatic carbocycles. The Hall–Kier alpha value is -3.35. The van der Waals surface area contributed by atoms with Gasteiger partial charge in [0.2, 0.25) is 5.60 Å². The molecule has 9 nitrogen and oxygen atoms in total. The number of ether oxygens (including phenoxy) is 2. The molecule has 14 heteroatoms. The van der Waals surface area contributed by atoms with Gasteiger partial charge in [-0.25, -0.2) is 23.3 Å². The van der Waals surface area contributed by atoms with Crippen molar-refractivity contribution < 1.29 is 41.7 Å². The van der Waals surface area contributed by atoms with Crippen LogP contribution >= 0.6 is 11.6 Å². The van der Waals surface area contributed by atoms with Crippen molar-refractivity contribution in [3.05, 3.63) is 55.6 Å². The molecule has 1 N–H and O–H groups in total. The van der Waals surface area contributed by atoms with Crippen LogP contribution in [0.5, 0.6) is 5.75 Å². The maximum atomic E-state index is 14.5. The quantitative estimate of drug-likeness (QED) is 0.495. The lowest BCUT2D eigenvalue weighted by atomic mass is 10.2. The summed E-state index contributed by atoms with van der Waals surface area (Å²) in [4.78, 5) is 47.3. The van der Waals surface area contributed by atoms with E-state index in [1.165, 1.54) is 0 Å². The van der Waals surface area contributed by atoms with Crippen molar-refractivity contribution in [2.24, 2.45) is 7.05 Å². The number of carboxylic acids is 1. The van der Waals surface area contributed by atoms with Crippen LogP contribution in [0.15, 0.2) is 27.8 Å². The lowest BCUT2D eigenvalue weighted by molar-refractivity contribution is -0.162. The Morgan fingerprint density at radius 1 is 1.22 bits per heavy atom. The zero-order valence-electron chi connectivity index (χ0n) is 16.0. The molecular weight excluding hydrogens is 468 g/mol. The topological polar surface area (TPSA) is 117 Å². The number of hydrogen-bond donors (Lipinski definition) is 1. The van der Waals surface area contributed by atoms with Gasteiger partial charge < -0.3 is 14.6 Å². The molecule has 1 aromatic heterocycles. The molecule has 1 heterocycles. The van der Waals surface area contributed by atoms with Crippen LogP contribution < -0.4 is 16.0 Å². The Morgan fingerprint density at radius 3 is 2.38 bits per heavy atom. The zero-order valence-corrected chi connectivity index (χ0v) is 16.8. The molecule has 0 bridgehead atoms. The molecule has 0 amide bonds. The van der Waals surface area contributed by atoms with Gasteiger partial charge in [0.25, 0.3) is 5.56 Å². The van der Waals surface area contributed by atoms with E-state index in [0.29, 0.717) is 6.07 Å². The van der Waals surface area contributed by atoms with E-state index >= 15 is 0 Å². The molecule has 1 aromatic carbocycles. The molecule has 0 spiro atoms. The predicted molar refractivity (Wildman–Crippen MR) is 98.4 cm³/mol. The minimum absolute atomic E-state index is 0.108. The first-order chi connectivity index (χ1) is 14.8. The van der Waals surface area contributed by atoms with Gasteiger partial charge in [0.05, 0.1) is 10.7 Å². The minimum Gasteiger partial charge on any atom is -0.479 e. The first-order valence-electron chi connectivity index (χ1n) is 8.74. The summed E-state index contributed by atoms with van der Waals surface area (Å²) in [5, 5.41) is 8.23. The van der Waals surface area contributed by atoms with Crippen molar-refractivity contribution in [1.82, 2.24) is 9.13 Å². The molecule has 0 unspecified atom stereocenters. The summed E-state index contributed by atoms with van der Waals surface area (Å²) in [7, 11) is 0.754. The number of alkyl halides is 3. The van der Waals surface area contributed by atoms with Crippen LogP contribution in [0, 0.1) is 5.82 Å². The Kier molecular flexibility index (Phi) is 5.80. The van der Waals surface area contributed by atoms with E-state index in [2.05, 4.69) is 4.74 Å². The largest absolute Gasteiger partial charge is 0.479 e. The fourth-order valence-corrected chi connectivity index (χ4v) is 3.01. The van der Waals surface area contributed by atoms with Gasteiger partial charge in [0.1, 0.15) is 17.3 Å². The molecule has 172 valence electrons. The van der Waals surface area contributed by atoms with Gasteiger partial charge in [-0.1, -0.05) is 11.6 Å². The molecule has 1 saturated carbocycles. The van der Waals surface area contributed by atoms with Gasteiger partial charge in [-0.05, 0) is 6.07 Å². The summed E-state index contributed by atoms with van der Waals surface area (Å²) in [5.41, 5.74) is -6.86. The van der Waals surface area contributed by atoms with E-state index in [-0.39, 0.29) is 38.8 Å². The molecule has 32 heavy (non-hydrogen) atoms. The van der Waals surface area contributed by atoms with Crippen LogP contribution in [0.1, 0.15) is 18.5 Å². The van der Waals surface area contributed by atoms with Crippen molar-refractivity contribution in [3.8, 4) is 11.4 Å². The van der Waals surface area contributed by atoms with Crippen molar-refractivity contribution in [3.63, 3.8) is 0 Å². The second-order valence-corrected chi connectivity index (χ2v) is 7.25. The molecular formula is C18H13ClF4N2O7. The third-order valence-electron chi connectivity index (χ3n) is 4.56. The van der Waals surface area contributed by atoms with E-state index < -0.39 is 58.8 Å². The fourth-order valence-electron chi connectivity index (χ4n) is 2.82. The monoisotopic (exact) mass is 480 g/mol. The SMILES string of the molecule is Cn1c(C(F)(F)F)cc(=O)n(-c2cc(OC3(C(=O)OCC(=O)O)CC3)c(Cl)cc2F)c1=O. The summed E-state index contributed by atoms with van der Waals surface area (Å²) in [5.74, 6) is -4.03. The van der Waals surface area contributed by atoms with Crippen molar-refractivity contribution in [1.29, 1.82) is 0 Å². The van der Waals surface area contributed by atoms with Crippen LogP contribution in [0.3, 0.4) is 0 Å². The average Bonchev–Trinajstić information content (AvgIpc) is 3.46. The van der Waals surface area contributed by atoms with Gasteiger partial charge in [0.15, 0.2) is 6.61 Å². The van der Waals surface area contributed by atoms with Crippen LogP contribution in [0.25, 0.3) is 5.69 Å². The Morgan fingerprint density at radius 2 is 1.84 bits per heavy atom. The summed E-state index contributed by atoms with van der Waals surface area (Å²) < 4.78 is 63.9. The number of aliphatic carboxylic acids is 1. The van der Waals surface area contributed by atoms with Crippen molar-refractivity contribution in [2.75, 3.05) is 6.61 Å². The van der Waals surface area contributed by atoms with E-state index in [9.17, 15) is 36.7 Å². The van der Waals surface area contributed by atoms with Gasteiger partial charge in [-0.3, -0.25) is 9.36 Å². The third-order valence-corrected chi connectivity index (χ3v) is 4.86. The number of nitrogens with zero attached hydrogens (tertiary/aromatic N) is 2. The number of benzene rings is 1. The van der Waals surface area contributed by atoms with Gasteiger partial charge in [0, 0.05) is 32.0 Å². The first-order valence-corrected chi connectivity index (χ1v) is 9.12. The van der Waals surface area contributed by atoms with Crippen LogP contribution in [-0.2, 0) is 27.5 Å². The molecule has 1 fully saturated rings. The Bertz CT molecular complexity index is 1230. The first kappa shape index (κ1) is 23.3.